The van der Waals surface area contributed by atoms with E-state index < -0.39 is 5.97 Å². The van der Waals surface area contributed by atoms with Gasteiger partial charge < -0.3 is 9.84 Å². The Hall–Kier alpha value is -2.89. The fourth-order valence-corrected chi connectivity index (χ4v) is 2.53. The molecule has 0 amide bonds. The van der Waals surface area contributed by atoms with Crippen LogP contribution < -0.4 is 0 Å². The number of rotatable bonds is 6. The Morgan fingerprint density at radius 3 is 2.58 bits per heavy atom. The summed E-state index contributed by atoms with van der Waals surface area (Å²) in [7, 11) is 0. The molecule has 2 aromatic carbocycles. The van der Waals surface area contributed by atoms with Gasteiger partial charge in [-0.15, -0.1) is 0 Å². The van der Waals surface area contributed by atoms with Crippen LogP contribution in [0.4, 0.5) is 0 Å². The lowest BCUT2D eigenvalue weighted by atomic mass is 10.1. The first-order valence-corrected chi connectivity index (χ1v) is 8.42. The van der Waals surface area contributed by atoms with Crippen LogP contribution >= 0.6 is 11.6 Å². The van der Waals surface area contributed by atoms with Crippen LogP contribution in [0.5, 0.6) is 0 Å². The number of hydrogen-bond donors (Lipinski definition) is 1. The van der Waals surface area contributed by atoms with Gasteiger partial charge in [0, 0.05) is 28.4 Å². The number of benzene rings is 2. The molecule has 132 valence electrons. The largest absolute Gasteiger partial charge is 0.460 e. The molecule has 0 aliphatic rings. The molecule has 1 heterocycles. The number of aromatic nitrogens is 2. The second-order valence-electron chi connectivity index (χ2n) is 5.44. The number of aliphatic hydroxyl groups is 1. The fraction of sp³-hybridized carbons (Fsp3) is 0.100. The number of esters is 1. The maximum Gasteiger partial charge on any atom is 0.330 e. The summed E-state index contributed by atoms with van der Waals surface area (Å²) in [5, 5.41) is 14.0. The molecule has 0 saturated carbocycles. The number of hydrogen-bond acceptors (Lipinski definition) is 4. The number of aliphatic hydroxyl groups excluding tert-OH is 1. The Morgan fingerprint density at radius 2 is 1.88 bits per heavy atom. The van der Waals surface area contributed by atoms with Crippen molar-refractivity contribution < 1.29 is 14.6 Å². The van der Waals surface area contributed by atoms with Gasteiger partial charge >= 0.3 is 5.97 Å². The molecule has 6 heteroatoms. The van der Waals surface area contributed by atoms with Crippen LogP contribution in [0.2, 0.25) is 5.02 Å². The van der Waals surface area contributed by atoms with Gasteiger partial charge in [-0.1, -0.05) is 41.9 Å². The van der Waals surface area contributed by atoms with Gasteiger partial charge in [0.1, 0.15) is 6.61 Å². The first-order chi connectivity index (χ1) is 12.7. The molecule has 0 radical (unpaired) electrons. The van der Waals surface area contributed by atoms with Crippen LogP contribution in [-0.4, -0.2) is 34.1 Å². The second kappa shape index (κ2) is 8.47. The molecule has 0 aliphatic carbocycles. The van der Waals surface area contributed by atoms with Crippen molar-refractivity contribution in [2.45, 2.75) is 0 Å². The fourth-order valence-electron chi connectivity index (χ4n) is 2.41. The van der Waals surface area contributed by atoms with Crippen LogP contribution in [0.3, 0.4) is 0 Å². The predicted octanol–water partition coefficient (Wildman–Crippen LogP) is 3.74. The molecule has 0 aliphatic heterocycles. The highest BCUT2D eigenvalue weighted by Crippen LogP contribution is 2.26. The normalized spacial score (nSPS) is 11.0. The van der Waals surface area contributed by atoms with E-state index in [9.17, 15) is 4.79 Å². The van der Waals surface area contributed by atoms with Crippen molar-refractivity contribution in [2.24, 2.45) is 0 Å². The molecule has 0 fully saturated rings. The van der Waals surface area contributed by atoms with E-state index in [1.54, 1.807) is 22.9 Å². The lowest BCUT2D eigenvalue weighted by Gasteiger charge is -2.01. The van der Waals surface area contributed by atoms with Gasteiger partial charge in [0.2, 0.25) is 0 Å². The summed E-state index contributed by atoms with van der Waals surface area (Å²) >= 11 is 5.97. The quantitative estimate of drug-likeness (QED) is 0.531. The van der Waals surface area contributed by atoms with Crippen molar-refractivity contribution in [1.29, 1.82) is 0 Å². The summed E-state index contributed by atoms with van der Waals surface area (Å²) in [6, 6.07) is 17.0. The van der Waals surface area contributed by atoms with Gasteiger partial charge in [0.05, 0.1) is 18.0 Å². The van der Waals surface area contributed by atoms with Gasteiger partial charge in [0.15, 0.2) is 0 Å². The van der Waals surface area contributed by atoms with Crippen LogP contribution in [0.15, 0.2) is 66.9 Å². The van der Waals surface area contributed by atoms with Gasteiger partial charge in [-0.2, -0.15) is 5.10 Å². The SMILES string of the molecule is O=C(/C=C/c1cn(-c2ccccc2)nc1-c1ccc(Cl)cc1)OCCO. The highest BCUT2D eigenvalue weighted by molar-refractivity contribution is 6.30. The molecule has 1 aromatic heterocycles. The minimum atomic E-state index is -0.520. The van der Waals surface area contributed by atoms with Gasteiger partial charge in [-0.3, -0.25) is 0 Å². The van der Waals surface area contributed by atoms with E-state index in [2.05, 4.69) is 5.10 Å². The van der Waals surface area contributed by atoms with Gasteiger partial charge in [0.25, 0.3) is 0 Å². The second-order valence-corrected chi connectivity index (χ2v) is 5.88. The number of nitrogens with zero attached hydrogens (tertiary/aromatic N) is 2. The predicted molar refractivity (Wildman–Crippen MR) is 101 cm³/mol. The Balaban J connectivity index is 1.97. The van der Waals surface area contributed by atoms with E-state index in [4.69, 9.17) is 21.4 Å². The third-order valence-electron chi connectivity index (χ3n) is 3.62. The topological polar surface area (TPSA) is 64.4 Å². The molecule has 3 rings (SSSR count). The zero-order valence-corrected chi connectivity index (χ0v) is 14.6. The van der Waals surface area contributed by atoms with Gasteiger partial charge in [-0.25, -0.2) is 9.48 Å². The van der Waals surface area contributed by atoms with Crippen molar-refractivity contribution in [3.63, 3.8) is 0 Å². The van der Waals surface area contributed by atoms with Crippen LogP contribution in [0.25, 0.3) is 23.0 Å². The molecular formula is C20H17ClN2O3. The molecule has 0 unspecified atom stereocenters. The average Bonchev–Trinajstić information content (AvgIpc) is 3.10. The first kappa shape index (κ1) is 17.9. The molecule has 0 atom stereocenters. The Labute approximate surface area is 156 Å². The number of carbonyl (C=O) groups is 1. The summed E-state index contributed by atoms with van der Waals surface area (Å²) in [4.78, 5) is 11.7. The molecular weight excluding hydrogens is 352 g/mol. The molecule has 1 N–H and O–H groups in total. The number of halogens is 1. The summed E-state index contributed by atoms with van der Waals surface area (Å²) in [5.41, 5.74) is 3.27. The van der Waals surface area contributed by atoms with E-state index in [0.29, 0.717) is 5.02 Å². The van der Waals surface area contributed by atoms with Crippen LogP contribution in [-0.2, 0) is 9.53 Å². The molecule has 26 heavy (non-hydrogen) atoms. The van der Waals surface area contributed by atoms with Gasteiger partial charge in [-0.05, 0) is 30.3 Å². The minimum Gasteiger partial charge on any atom is -0.460 e. The van der Waals surface area contributed by atoms with Crippen molar-refractivity contribution in [3.05, 3.63) is 77.5 Å². The van der Waals surface area contributed by atoms with E-state index in [0.717, 1.165) is 22.5 Å². The highest BCUT2D eigenvalue weighted by Gasteiger charge is 2.11. The van der Waals surface area contributed by atoms with E-state index in [1.165, 1.54) is 6.08 Å². The lowest BCUT2D eigenvalue weighted by molar-refractivity contribution is -0.138. The highest BCUT2D eigenvalue weighted by atomic mass is 35.5. The molecule has 5 nitrogen and oxygen atoms in total. The zero-order chi connectivity index (χ0) is 18.4. The van der Waals surface area contributed by atoms with Crippen molar-refractivity contribution in [2.75, 3.05) is 13.2 Å². The number of para-hydroxylation sites is 1. The summed E-state index contributed by atoms with van der Waals surface area (Å²) in [6.07, 6.45) is 4.81. The van der Waals surface area contributed by atoms with Crippen LogP contribution in [0, 0.1) is 0 Å². The molecule has 0 bridgehead atoms. The smallest absolute Gasteiger partial charge is 0.330 e. The maximum atomic E-state index is 11.7. The van der Waals surface area contributed by atoms with Crippen LogP contribution in [0.1, 0.15) is 5.56 Å². The Kier molecular flexibility index (Phi) is 5.84. The zero-order valence-electron chi connectivity index (χ0n) is 13.9. The number of ether oxygens (including phenoxy) is 1. The summed E-state index contributed by atoms with van der Waals surface area (Å²) in [5.74, 6) is -0.520. The molecule has 3 aromatic rings. The van der Waals surface area contributed by atoms with E-state index >= 15 is 0 Å². The van der Waals surface area contributed by atoms with E-state index in [-0.39, 0.29) is 13.2 Å². The molecule has 0 spiro atoms. The maximum absolute atomic E-state index is 11.7. The lowest BCUT2D eigenvalue weighted by Crippen LogP contribution is -2.04. The van der Waals surface area contributed by atoms with Crippen molar-refractivity contribution in [3.8, 4) is 16.9 Å². The first-order valence-electron chi connectivity index (χ1n) is 8.04. The molecule has 0 saturated heterocycles. The van der Waals surface area contributed by atoms with E-state index in [1.807, 2.05) is 48.7 Å². The average molecular weight is 369 g/mol. The third kappa shape index (κ3) is 4.39. The third-order valence-corrected chi connectivity index (χ3v) is 3.87. The van der Waals surface area contributed by atoms with Crippen molar-refractivity contribution >= 4 is 23.6 Å². The standard InChI is InChI=1S/C20H17ClN2O3/c21-17-9-6-15(7-10-17)20-16(8-11-19(25)26-13-12-24)14-23(22-20)18-4-2-1-3-5-18/h1-11,14,24H,12-13H2/b11-8+. The Bertz CT molecular complexity index is 903. The monoisotopic (exact) mass is 368 g/mol. The minimum absolute atomic E-state index is 0.0313. The number of carbonyl (C=O) groups excluding carboxylic acids is 1. The summed E-state index contributed by atoms with van der Waals surface area (Å²) < 4.78 is 6.60. The Morgan fingerprint density at radius 1 is 1.15 bits per heavy atom. The summed E-state index contributed by atoms with van der Waals surface area (Å²) in [6.45, 7) is -0.238. The van der Waals surface area contributed by atoms with Crippen molar-refractivity contribution in [1.82, 2.24) is 9.78 Å².